The standard InChI is InChI=1S/C31H52N5O10P/c1-5-6-7-8-9-10-11-12-13-14-15-16-17-18-30(37)43-24-27(25-45-47(41,42)44-22-21-36(2,3)4)46-31(38)28-20-19-26(35(39)40)23-29(28)33-34-32/h19-20,23,27H,5-18,21-22,24-25H2,1-4H3/t27-/m1/s1. The first-order valence-electron chi connectivity index (χ1n) is 16.4. The van der Waals surface area contributed by atoms with Crippen molar-refractivity contribution in [3.8, 4) is 0 Å². The number of likely N-dealkylation sites (N-methyl/N-ethyl adjacent to an activating group) is 1. The molecule has 0 aromatic heterocycles. The molecule has 1 aromatic carbocycles. The number of ether oxygens (including phenoxy) is 2. The van der Waals surface area contributed by atoms with E-state index in [1.165, 1.54) is 57.8 Å². The van der Waals surface area contributed by atoms with Gasteiger partial charge in [-0.15, -0.1) is 0 Å². The van der Waals surface area contributed by atoms with Gasteiger partial charge in [-0.05, 0) is 18.0 Å². The van der Waals surface area contributed by atoms with Gasteiger partial charge in [0.2, 0.25) is 0 Å². The maximum Gasteiger partial charge on any atom is 0.339 e. The van der Waals surface area contributed by atoms with Gasteiger partial charge in [-0.1, -0.05) is 89.1 Å². The van der Waals surface area contributed by atoms with Crippen molar-refractivity contribution in [2.75, 3.05) is 47.5 Å². The van der Waals surface area contributed by atoms with Crippen LogP contribution in [0.2, 0.25) is 0 Å². The zero-order chi connectivity index (χ0) is 35.1. The Morgan fingerprint density at radius 1 is 0.957 bits per heavy atom. The van der Waals surface area contributed by atoms with Crippen molar-refractivity contribution < 1.29 is 47.0 Å². The minimum Gasteiger partial charge on any atom is -0.756 e. The Bertz CT molecular complexity index is 1200. The van der Waals surface area contributed by atoms with E-state index in [1.807, 2.05) is 21.1 Å². The number of phosphoric ester groups is 1. The summed E-state index contributed by atoms with van der Waals surface area (Å²) in [5.41, 5.74) is 7.73. The summed E-state index contributed by atoms with van der Waals surface area (Å²) in [5, 5.41) is 14.4. The van der Waals surface area contributed by atoms with Crippen LogP contribution in [0.1, 0.15) is 107 Å². The quantitative estimate of drug-likeness (QED) is 0.0104. The molecule has 0 radical (unpaired) electrons. The molecule has 47 heavy (non-hydrogen) atoms. The number of unbranched alkanes of at least 4 members (excludes halogenated alkanes) is 12. The summed E-state index contributed by atoms with van der Waals surface area (Å²) in [6, 6.07) is 2.95. The van der Waals surface area contributed by atoms with Gasteiger partial charge in [-0.3, -0.25) is 19.5 Å². The molecule has 15 nitrogen and oxygen atoms in total. The lowest BCUT2D eigenvalue weighted by Crippen LogP contribution is -2.37. The Hall–Kier alpha value is -3.06. The van der Waals surface area contributed by atoms with Crippen molar-refractivity contribution in [3.05, 3.63) is 44.3 Å². The number of rotatable bonds is 27. The number of esters is 2. The van der Waals surface area contributed by atoms with Gasteiger partial charge in [0.1, 0.15) is 19.8 Å². The van der Waals surface area contributed by atoms with Gasteiger partial charge in [0.05, 0.1) is 43.9 Å². The molecule has 0 heterocycles. The summed E-state index contributed by atoms with van der Waals surface area (Å²) in [4.78, 5) is 50.6. The number of hydrogen-bond donors (Lipinski definition) is 0. The summed E-state index contributed by atoms with van der Waals surface area (Å²) in [6.07, 6.45) is 13.8. The minimum atomic E-state index is -4.81. The highest BCUT2D eigenvalue weighted by molar-refractivity contribution is 7.45. The highest BCUT2D eigenvalue weighted by Crippen LogP contribution is 2.38. The maximum atomic E-state index is 12.9. The third-order valence-corrected chi connectivity index (χ3v) is 8.15. The predicted octanol–water partition coefficient (Wildman–Crippen LogP) is 7.29. The molecule has 1 unspecified atom stereocenters. The van der Waals surface area contributed by atoms with E-state index in [1.54, 1.807) is 0 Å². The van der Waals surface area contributed by atoms with Crippen molar-refractivity contribution in [3.63, 3.8) is 0 Å². The first-order valence-corrected chi connectivity index (χ1v) is 17.8. The van der Waals surface area contributed by atoms with Crippen LogP contribution in [-0.2, 0) is 27.9 Å². The van der Waals surface area contributed by atoms with Crippen LogP contribution < -0.4 is 4.89 Å². The summed E-state index contributed by atoms with van der Waals surface area (Å²) in [7, 11) is 0.745. The number of benzene rings is 1. The lowest BCUT2D eigenvalue weighted by atomic mass is 10.0. The monoisotopic (exact) mass is 685 g/mol. The largest absolute Gasteiger partial charge is 0.756 e. The number of hydrogen-bond acceptors (Lipinski definition) is 11. The molecule has 0 aliphatic rings. The SMILES string of the molecule is CCCCCCCCCCCCCCCC(=O)OC[C@H](COP(=O)([O-])OCC[N+](C)(C)C)OC(=O)c1ccc([N+](=O)[O-])cc1N=[N+]=[N-]. The first-order chi connectivity index (χ1) is 22.3. The Balaban J connectivity index is 2.65. The number of phosphoric acid groups is 1. The van der Waals surface area contributed by atoms with Crippen LogP contribution >= 0.6 is 7.82 Å². The van der Waals surface area contributed by atoms with Gasteiger partial charge in [0, 0.05) is 23.5 Å². The topological polar surface area (TPSA) is 203 Å². The lowest BCUT2D eigenvalue weighted by Gasteiger charge is -2.28. The Kier molecular flexibility index (Phi) is 20.8. The molecular weight excluding hydrogens is 633 g/mol. The molecule has 0 bridgehead atoms. The number of non-ortho nitro benzene ring substituents is 1. The van der Waals surface area contributed by atoms with E-state index in [-0.39, 0.29) is 24.3 Å². The van der Waals surface area contributed by atoms with E-state index in [0.29, 0.717) is 17.4 Å². The van der Waals surface area contributed by atoms with Gasteiger partial charge >= 0.3 is 11.9 Å². The minimum absolute atomic E-state index is 0.136. The van der Waals surface area contributed by atoms with E-state index in [2.05, 4.69) is 16.9 Å². The third kappa shape index (κ3) is 20.7. The molecule has 0 spiro atoms. The molecule has 0 amide bonds. The van der Waals surface area contributed by atoms with E-state index < -0.39 is 49.7 Å². The lowest BCUT2D eigenvalue weighted by molar-refractivity contribution is -0.870. The van der Waals surface area contributed by atoms with Crippen LogP contribution in [0.3, 0.4) is 0 Å². The van der Waals surface area contributed by atoms with Crippen molar-refractivity contribution in [2.45, 2.75) is 103 Å². The van der Waals surface area contributed by atoms with Crippen LogP contribution in [0.5, 0.6) is 0 Å². The molecule has 2 atom stereocenters. The Labute approximate surface area is 277 Å². The summed E-state index contributed by atoms with van der Waals surface area (Å²) in [5.74, 6) is -1.65. The van der Waals surface area contributed by atoms with Crippen LogP contribution in [0.15, 0.2) is 23.3 Å². The van der Waals surface area contributed by atoms with Crippen molar-refractivity contribution in [1.82, 2.24) is 0 Å². The number of quaternary nitrogens is 1. The molecule has 0 saturated heterocycles. The van der Waals surface area contributed by atoms with E-state index in [0.717, 1.165) is 37.5 Å². The number of nitro groups is 1. The fraction of sp³-hybridized carbons (Fsp3) is 0.742. The average Bonchev–Trinajstić information content (AvgIpc) is 3.00. The molecule has 0 N–H and O–H groups in total. The number of azide groups is 1. The zero-order valence-electron chi connectivity index (χ0n) is 28.3. The van der Waals surface area contributed by atoms with E-state index in [9.17, 15) is 29.2 Å². The predicted molar refractivity (Wildman–Crippen MR) is 175 cm³/mol. The van der Waals surface area contributed by atoms with Crippen LogP contribution in [0, 0.1) is 10.1 Å². The number of nitrogens with zero attached hydrogens (tertiary/aromatic N) is 5. The van der Waals surface area contributed by atoms with Crippen LogP contribution in [0.25, 0.3) is 10.4 Å². The summed E-state index contributed by atoms with van der Waals surface area (Å²) in [6.45, 7) is 1.18. The fourth-order valence-corrected chi connectivity index (χ4v) is 5.18. The second-order valence-electron chi connectivity index (χ2n) is 12.4. The number of carbonyl (C=O) groups is 2. The van der Waals surface area contributed by atoms with E-state index >= 15 is 0 Å². The normalized spacial score (nSPS) is 13.3. The Morgan fingerprint density at radius 3 is 2.06 bits per heavy atom. The maximum absolute atomic E-state index is 12.9. The van der Waals surface area contributed by atoms with Gasteiger partial charge in [0.15, 0.2) is 6.10 Å². The second kappa shape index (κ2) is 23.3. The molecular formula is C31H52N5O10P. The van der Waals surface area contributed by atoms with Gasteiger partial charge in [-0.25, -0.2) is 4.79 Å². The third-order valence-electron chi connectivity index (χ3n) is 7.18. The van der Waals surface area contributed by atoms with Crippen molar-refractivity contribution >= 4 is 31.1 Å². The van der Waals surface area contributed by atoms with Crippen molar-refractivity contribution in [2.24, 2.45) is 5.11 Å². The second-order valence-corrected chi connectivity index (χ2v) is 13.9. The summed E-state index contributed by atoms with van der Waals surface area (Å²) < 4.78 is 33.2. The number of nitro benzene ring substituents is 1. The van der Waals surface area contributed by atoms with Crippen LogP contribution in [0.4, 0.5) is 11.4 Å². The van der Waals surface area contributed by atoms with Crippen LogP contribution in [-0.4, -0.2) is 75.0 Å². The molecule has 1 rings (SSSR count). The molecule has 0 saturated carbocycles. The van der Waals surface area contributed by atoms with E-state index in [4.69, 9.17) is 24.1 Å². The van der Waals surface area contributed by atoms with Crippen molar-refractivity contribution in [1.29, 1.82) is 0 Å². The zero-order valence-corrected chi connectivity index (χ0v) is 29.2. The highest BCUT2D eigenvalue weighted by Gasteiger charge is 2.24. The molecule has 266 valence electrons. The number of carbonyl (C=O) groups excluding carboxylic acids is 2. The van der Waals surface area contributed by atoms with Gasteiger partial charge in [0.25, 0.3) is 13.5 Å². The fourth-order valence-electron chi connectivity index (χ4n) is 4.45. The molecule has 16 heteroatoms. The average molecular weight is 686 g/mol. The highest BCUT2D eigenvalue weighted by atomic mass is 31.2. The first kappa shape index (κ1) is 42.0. The molecule has 0 aliphatic heterocycles. The smallest absolute Gasteiger partial charge is 0.339 e. The van der Waals surface area contributed by atoms with Gasteiger partial charge < -0.3 is 27.9 Å². The molecule has 0 fully saturated rings. The molecule has 1 aromatic rings. The Morgan fingerprint density at radius 2 is 1.53 bits per heavy atom. The molecule has 0 aliphatic carbocycles. The van der Waals surface area contributed by atoms with Gasteiger partial charge in [-0.2, -0.15) is 0 Å². The summed E-state index contributed by atoms with van der Waals surface area (Å²) >= 11 is 0.